The molecule has 0 aromatic heterocycles. The largest absolute Gasteiger partial charge is 0.393 e. The molecule has 3 unspecified atom stereocenters. The van der Waals surface area contributed by atoms with E-state index >= 15 is 0 Å². The lowest BCUT2D eigenvalue weighted by molar-refractivity contribution is -0.123. The fourth-order valence-corrected chi connectivity index (χ4v) is 3.58. The number of para-hydroxylation sites is 1. The minimum absolute atomic E-state index is 0.0704. The zero-order valence-electron chi connectivity index (χ0n) is 12.6. The molecule has 0 saturated carbocycles. The van der Waals surface area contributed by atoms with E-state index in [1.807, 2.05) is 18.2 Å². The fraction of sp³-hybridized carbons (Fsp3) is 0.588. The van der Waals surface area contributed by atoms with E-state index in [9.17, 15) is 9.90 Å². The lowest BCUT2D eigenvalue weighted by Gasteiger charge is -2.39. The number of hydrogen-bond acceptors (Lipinski definition) is 3. The predicted octanol–water partition coefficient (Wildman–Crippen LogP) is 2.03. The topological polar surface area (TPSA) is 52.6 Å². The maximum absolute atomic E-state index is 12.5. The van der Waals surface area contributed by atoms with Crippen molar-refractivity contribution in [3.05, 3.63) is 29.8 Å². The van der Waals surface area contributed by atoms with Gasteiger partial charge in [-0.25, -0.2) is 0 Å². The van der Waals surface area contributed by atoms with E-state index in [0.717, 1.165) is 44.5 Å². The van der Waals surface area contributed by atoms with Gasteiger partial charge >= 0.3 is 0 Å². The first-order valence-corrected chi connectivity index (χ1v) is 8.00. The number of carbonyl (C=O) groups is 1. The number of anilines is 1. The molecule has 2 heterocycles. The van der Waals surface area contributed by atoms with Crippen LogP contribution in [-0.2, 0) is 11.2 Å². The average molecular weight is 288 g/mol. The summed E-state index contributed by atoms with van der Waals surface area (Å²) in [6.07, 6.45) is 3.31. The van der Waals surface area contributed by atoms with Gasteiger partial charge in [-0.05, 0) is 43.2 Å². The second-order valence-electron chi connectivity index (χ2n) is 6.22. The molecule has 2 aliphatic heterocycles. The van der Waals surface area contributed by atoms with Gasteiger partial charge in [-0.1, -0.05) is 25.1 Å². The van der Waals surface area contributed by atoms with Crippen molar-refractivity contribution in [1.29, 1.82) is 0 Å². The van der Waals surface area contributed by atoms with Crippen molar-refractivity contribution < 1.29 is 9.90 Å². The van der Waals surface area contributed by atoms with Crippen LogP contribution in [0.1, 0.15) is 31.7 Å². The van der Waals surface area contributed by atoms with Crippen molar-refractivity contribution >= 4 is 11.6 Å². The summed E-state index contributed by atoms with van der Waals surface area (Å²) in [6, 6.07) is 7.98. The lowest BCUT2D eigenvalue weighted by atomic mass is 9.90. The third kappa shape index (κ3) is 2.97. The molecule has 0 aliphatic carbocycles. The van der Waals surface area contributed by atoms with Crippen molar-refractivity contribution in [3.63, 3.8) is 0 Å². The summed E-state index contributed by atoms with van der Waals surface area (Å²) in [5, 5.41) is 13.1. The molecule has 0 bridgehead atoms. The maximum atomic E-state index is 12.5. The monoisotopic (exact) mass is 288 g/mol. The number of piperidine rings is 1. The molecule has 0 radical (unpaired) electrons. The molecule has 21 heavy (non-hydrogen) atoms. The van der Waals surface area contributed by atoms with Gasteiger partial charge < -0.3 is 10.4 Å². The maximum Gasteiger partial charge on any atom is 0.241 e. The van der Waals surface area contributed by atoms with Crippen LogP contribution in [0, 0.1) is 5.92 Å². The van der Waals surface area contributed by atoms with Gasteiger partial charge in [0.2, 0.25) is 5.91 Å². The number of hydrogen-bond donors (Lipinski definition) is 2. The minimum Gasteiger partial charge on any atom is -0.393 e. The SMILES string of the molecule is CCC1CN(C2CCc3ccccc3NC2=O)CCC1O. The molecule has 4 nitrogen and oxygen atoms in total. The number of rotatable bonds is 2. The first-order valence-electron chi connectivity index (χ1n) is 8.00. The van der Waals surface area contributed by atoms with Crippen molar-refractivity contribution in [1.82, 2.24) is 4.90 Å². The highest BCUT2D eigenvalue weighted by Gasteiger charge is 2.34. The zero-order chi connectivity index (χ0) is 14.8. The fourth-order valence-electron chi connectivity index (χ4n) is 3.58. The second-order valence-corrected chi connectivity index (χ2v) is 6.22. The highest BCUT2D eigenvalue weighted by molar-refractivity contribution is 5.96. The molecule has 4 heteroatoms. The van der Waals surface area contributed by atoms with E-state index in [1.165, 1.54) is 5.56 Å². The van der Waals surface area contributed by atoms with E-state index in [1.54, 1.807) is 0 Å². The van der Waals surface area contributed by atoms with Gasteiger partial charge in [-0.2, -0.15) is 0 Å². The summed E-state index contributed by atoms with van der Waals surface area (Å²) in [5.74, 6) is 0.392. The van der Waals surface area contributed by atoms with Gasteiger partial charge in [0.25, 0.3) is 0 Å². The van der Waals surface area contributed by atoms with Crippen LogP contribution in [0.4, 0.5) is 5.69 Å². The Morgan fingerprint density at radius 2 is 2.14 bits per heavy atom. The van der Waals surface area contributed by atoms with Crippen LogP contribution >= 0.6 is 0 Å². The average Bonchev–Trinajstić information content (AvgIpc) is 2.66. The molecule has 1 fully saturated rings. The van der Waals surface area contributed by atoms with Gasteiger partial charge in [0.05, 0.1) is 12.1 Å². The Kier molecular flexibility index (Phi) is 4.27. The molecule has 1 saturated heterocycles. The highest BCUT2D eigenvalue weighted by Crippen LogP contribution is 2.27. The number of nitrogens with zero attached hydrogens (tertiary/aromatic N) is 1. The molecule has 0 spiro atoms. The minimum atomic E-state index is -0.211. The standard InChI is InChI=1S/C17H24N2O2/c1-2-12-11-19(10-9-16(12)20)15-8-7-13-5-3-4-6-14(13)18-17(15)21/h3-6,12,15-16,20H,2,7-11H2,1H3,(H,18,21). The third-order valence-electron chi connectivity index (χ3n) is 4.96. The van der Waals surface area contributed by atoms with E-state index in [4.69, 9.17) is 0 Å². The van der Waals surface area contributed by atoms with E-state index in [2.05, 4.69) is 23.2 Å². The van der Waals surface area contributed by atoms with Crippen LogP contribution in [0.5, 0.6) is 0 Å². The number of fused-ring (bicyclic) bond motifs is 1. The quantitative estimate of drug-likeness (QED) is 0.875. The summed E-state index contributed by atoms with van der Waals surface area (Å²) >= 11 is 0. The molecule has 1 aromatic carbocycles. The number of likely N-dealkylation sites (tertiary alicyclic amines) is 1. The van der Waals surface area contributed by atoms with E-state index in [-0.39, 0.29) is 24.0 Å². The number of aliphatic hydroxyl groups is 1. The Morgan fingerprint density at radius 1 is 1.33 bits per heavy atom. The Labute approximate surface area is 126 Å². The van der Waals surface area contributed by atoms with Crippen molar-refractivity contribution in [2.45, 2.75) is 44.8 Å². The van der Waals surface area contributed by atoms with Gasteiger partial charge in [0.15, 0.2) is 0 Å². The number of amides is 1. The molecular weight excluding hydrogens is 264 g/mol. The zero-order valence-corrected chi connectivity index (χ0v) is 12.6. The van der Waals surface area contributed by atoms with E-state index < -0.39 is 0 Å². The Hall–Kier alpha value is -1.39. The third-order valence-corrected chi connectivity index (χ3v) is 4.96. The summed E-state index contributed by atoms with van der Waals surface area (Å²) in [4.78, 5) is 14.8. The number of aryl methyl sites for hydroxylation is 1. The smallest absolute Gasteiger partial charge is 0.241 e. The molecule has 2 aliphatic rings. The van der Waals surface area contributed by atoms with Crippen LogP contribution < -0.4 is 5.32 Å². The first kappa shape index (κ1) is 14.5. The number of carbonyl (C=O) groups excluding carboxylic acids is 1. The number of nitrogens with one attached hydrogen (secondary N) is 1. The van der Waals surface area contributed by atoms with E-state index in [0.29, 0.717) is 0 Å². The van der Waals surface area contributed by atoms with Crippen molar-refractivity contribution in [3.8, 4) is 0 Å². The predicted molar refractivity (Wildman–Crippen MR) is 83.2 cm³/mol. The van der Waals surface area contributed by atoms with Gasteiger partial charge in [-0.15, -0.1) is 0 Å². The number of aliphatic hydroxyl groups excluding tert-OH is 1. The molecule has 3 atom stereocenters. The van der Waals surface area contributed by atoms with Gasteiger partial charge in [0.1, 0.15) is 0 Å². The molecule has 1 aromatic rings. The Morgan fingerprint density at radius 3 is 2.95 bits per heavy atom. The lowest BCUT2D eigenvalue weighted by Crippen LogP contribution is -2.51. The summed E-state index contributed by atoms with van der Waals surface area (Å²) < 4.78 is 0. The van der Waals surface area contributed by atoms with Crippen LogP contribution in [-0.4, -0.2) is 41.1 Å². The second kappa shape index (κ2) is 6.16. The number of benzene rings is 1. The van der Waals surface area contributed by atoms with Crippen LogP contribution in [0.15, 0.2) is 24.3 Å². The molecule has 114 valence electrons. The summed E-state index contributed by atoms with van der Waals surface area (Å²) in [7, 11) is 0. The molecular formula is C17H24N2O2. The molecule has 1 amide bonds. The summed E-state index contributed by atoms with van der Waals surface area (Å²) in [5.41, 5.74) is 2.17. The normalized spacial score (nSPS) is 30.4. The summed E-state index contributed by atoms with van der Waals surface area (Å²) in [6.45, 7) is 3.75. The van der Waals surface area contributed by atoms with Crippen molar-refractivity contribution in [2.75, 3.05) is 18.4 Å². The highest BCUT2D eigenvalue weighted by atomic mass is 16.3. The molecule has 3 rings (SSSR count). The van der Waals surface area contributed by atoms with Gasteiger partial charge in [0, 0.05) is 18.8 Å². The first-order chi connectivity index (χ1) is 10.2. The molecule has 2 N–H and O–H groups in total. The Balaban J connectivity index is 1.74. The van der Waals surface area contributed by atoms with Crippen LogP contribution in [0.3, 0.4) is 0 Å². The van der Waals surface area contributed by atoms with Crippen LogP contribution in [0.25, 0.3) is 0 Å². The van der Waals surface area contributed by atoms with Crippen molar-refractivity contribution in [2.24, 2.45) is 5.92 Å². The van der Waals surface area contributed by atoms with Crippen LogP contribution in [0.2, 0.25) is 0 Å². The van der Waals surface area contributed by atoms with Gasteiger partial charge in [-0.3, -0.25) is 9.69 Å². The Bertz CT molecular complexity index is 517.